The van der Waals surface area contributed by atoms with Crippen LogP contribution in [-0.4, -0.2) is 18.0 Å². The van der Waals surface area contributed by atoms with Crippen molar-refractivity contribution in [2.75, 3.05) is 12.3 Å². The topological polar surface area (TPSA) is 0 Å². The fourth-order valence-corrected chi connectivity index (χ4v) is 4.48. The van der Waals surface area contributed by atoms with E-state index in [4.69, 9.17) is 0 Å². The Hall–Kier alpha value is 0.430. The summed E-state index contributed by atoms with van der Waals surface area (Å²) in [6.07, 6.45) is 11.1. The average molecular weight is 142 g/mol. The summed E-state index contributed by atoms with van der Waals surface area (Å²) < 4.78 is 0. The van der Waals surface area contributed by atoms with Crippen molar-refractivity contribution in [1.29, 1.82) is 0 Å². The van der Waals surface area contributed by atoms with Crippen molar-refractivity contribution in [3.63, 3.8) is 0 Å². The molecule has 1 heterocycles. The Bertz CT molecular complexity index is 90.7. The molecule has 1 heteroatoms. The Morgan fingerprint density at radius 2 is 1.56 bits per heavy atom. The summed E-state index contributed by atoms with van der Waals surface area (Å²) in [5, 5.41) is 0. The molecular formula is C8H15P. The Morgan fingerprint density at radius 1 is 0.889 bits per heavy atom. The molecule has 0 aromatic rings. The zero-order valence-electron chi connectivity index (χ0n) is 5.97. The van der Waals surface area contributed by atoms with Gasteiger partial charge in [-0.25, -0.2) is 0 Å². The summed E-state index contributed by atoms with van der Waals surface area (Å²) in [4.78, 5) is 0. The van der Waals surface area contributed by atoms with Crippen LogP contribution in [0.15, 0.2) is 0 Å². The van der Waals surface area contributed by atoms with Crippen molar-refractivity contribution in [3.05, 3.63) is 0 Å². The lowest BCUT2D eigenvalue weighted by molar-refractivity contribution is 0.851. The lowest BCUT2D eigenvalue weighted by Gasteiger charge is -2.31. The molecule has 0 aromatic carbocycles. The molecule has 1 saturated carbocycles. The summed E-state index contributed by atoms with van der Waals surface area (Å²) in [5.41, 5.74) is 1.23. The molecular weight excluding hydrogens is 127 g/mol. The third kappa shape index (κ3) is 1.15. The first-order valence-corrected chi connectivity index (χ1v) is 5.99. The summed E-state index contributed by atoms with van der Waals surface area (Å²) >= 11 is 0. The summed E-state index contributed by atoms with van der Waals surface area (Å²) in [6, 6.07) is 0. The first kappa shape index (κ1) is 6.16. The third-order valence-electron chi connectivity index (χ3n) is 2.73. The van der Waals surface area contributed by atoms with Crippen molar-refractivity contribution in [2.45, 2.75) is 37.8 Å². The fourth-order valence-electron chi connectivity index (χ4n) is 1.98. The highest BCUT2D eigenvalue weighted by Gasteiger charge is 2.28. The van der Waals surface area contributed by atoms with Crippen LogP contribution in [0.3, 0.4) is 0 Å². The summed E-state index contributed by atoms with van der Waals surface area (Å²) in [7, 11) is 0.601. The molecule has 0 bridgehead atoms. The van der Waals surface area contributed by atoms with Gasteiger partial charge in [0.05, 0.1) is 0 Å². The summed E-state index contributed by atoms with van der Waals surface area (Å²) in [6.45, 7) is 0. The van der Waals surface area contributed by atoms with Crippen LogP contribution in [0, 0.1) is 0 Å². The van der Waals surface area contributed by atoms with Crippen molar-refractivity contribution in [2.24, 2.45) is 0 Å². The van der Waals surface area contributed by atoms with Gasteiger partial charge in [0, 0.05) is 0 Å². The van der Waals surface area contributed by atoms with E-state index in [0.717, 1.165) is 0 Å². The molecule has 1 aliphatic carbocycles. The molecule has 0 aromatic heterocycles. The van der Waals surface area contributed by atoms with Gasteiger partial charge in [-0.15, -0.1) is 7.92 Å². The average Bonchev–Trinajstić information content (AvgIpc) is 2.11. The molecule has 9 heavy (non-hydrogen) atoms. The maximum Gasteiger partial charge on any atom is -0.0209 e. The molecule has 0 radical (unpaired) electrons. The SMILES string of the molecule is C1CCC(P2CCC2)C1. The molecule has 2 rings (SSSR count). The van der Waals surface area contributed by atoms with E-state index in [1.54, 1.807) is 44.4 Å². The largest absolute Gasteiger partial charge is 0.104 e. The monoisotopic (exact) mass is 142 g/mol. The van der Waals surface area contributed by atoms with Gasteiger partial charge in [-0.05, 0) is 37.2 Å². The molecule has 0 unspecified atom stereocenters. The Balaban J connectivity index is 1.82. The molecule has 2 fully saturated rings. The summed E-state index contributed by atoms with van der Waals surface area (Å²) in [5.74, 6) is 0. The Labute approximate surface area is 58.8 Å². The van der Waals surface area contributed by atoms with E-state index in [1.165, 1.54) is 5.66 Å². The lowest BCUT2D eigenvalue weighted by Crippen LogP contribution is -2.13. The van der Waals surface area contributed by atoms with Crippen LogP contribution in [0.5, 0.6) is 0 Å². The van der Waals surface area contributed by atoms with Crippen LogP contribution in [0.25, 0.3) is 0 Å². The second kappa shape index (κ2) is 2.58. The third-order valence-corrected chi connectivity index (χ3v) is 6.06. The first-order chi connectivity index (χ1) is 4.47. The van der Waals surface area contributed by atoms with Gasteiger partial charge < -0.3 is 0 Å². The highest BCUT2D eigenvalue weighted by molar-refractivity contribution is 7.60. The highest BCUT2D eigenvalue weighted by atomic mass is 31.1. The molecule has 0 nitrogen and oxygen atoms in total. The number of hydrogen-bond donors (Lipinski definition) is 0. The predicted octanol–water partition coefficient (Wildman–Crippen LogP) is 2.81. The molecule has 0 amide bonds. The van der Waals surface area contributed by atoms with Gasteiger partial charge in [0.25, 0.3) is 0 Å². The van der Waals surface area contributed by atoms with Crippen LogP contribution in [-0.2, 0) is 0 Å². The van der Waals surface area contributed by atoms with E-state index in [1.807, 2.05) is 0 Å². The van der Waals surface area contributed by atoms with Crippen LogP contribution in [0.1, 0.15) is 32.1 Å². The minimum absolute atomic E-state index is 0.601. The van der Waals surface area contributed by atoms with E-state index in [2.05, 4.69) is 0 Å². The van der Waals surface area contributed by atoms with E-state index in [-0.39, 0.29) is 0 Å². The second-order valence-electron chi connectivity index (χ2n) is 3.33. The maximum absolute atomic E-state index is 1.62. The smallest absolute Gasteiger partial charge is 0.0209 e. The number of rotatable bonds is 1. The molecule has 0 atom stereocenters. The molecule has 1 aliphatic heterocycles. The molecule has 1 saturated heterocycles. The second-order valence-corrected chi connectivity index (χ2v) is 6.13. The quantitative estimate of drug-likeness (QED) is 0.494. The Morgan fingerprint density at radius 3 is 2.00 bits per heavy atom. The standard InChI is InChI=1S/C8H15P/c1-2-5-8(4-1)9-6-3-7-9/h8H,1-7H2. The molecule has 0 spiro atoms. The van der Waals surface area contributed by atoms with Gasteiger partial charge in [-0.2, -0.15) is 0 Å². The van der Waals surface area contributed by atoms with Crippen molar-refractivity contribution in [3.8, 4) is 0 Å². The van der Waals surface area contributed by atoms with Crippen molar-refractivity contribution >= 4 is 7.92 Å². The molecule has 2 aliphatic rings. The zero-order valence-corrected chi connectivity index (χ0v) is 6.87. The van der Waals surface area contributed by atoms with E-state index in [0.29, 0.717) is 7.92 Å². The van der Waals surface area contributed by atoms with Gasteiger partial charge >= 0.3 is 0 Å². The van der Waals surface area contributed by atoms with Gasteiger partial charge in [0.2, 0.25) is 0 Å². The minimum atomic E-state index is 0.601. The lowest BCUT2D eigenvalue weighted by atomic mass is 10.4. The maximum atomic E-state index is 1.62. The molecule has 52 valence electrons. The van der Waals surface area contributed by atoms with E-state index >= 15 is 0 Å². The first-order valence-electron chi connectivity index (χ1n) is 4.21. The van der Waals surface area contributed by atoms with E-state index < -0.39 is 0 Å². The van der Waals surface area contributed by atoms with Gasteiger partial charge in [0.1, 0.15) is 0 Å². The van der Waals surface area contributed by atoms with Crippen molar-refractivity contribution in [1.82, 2.24) is 0 Å². The predicted molar refractivity (Wildman–Crippen MR) is 43.5 cm³/mol. The minimum Gasteiger partial charge on any atom is -0.104 e. The van der Waals surface area contributed by atoms with Gasteiger partial charge in [0.15, 0.2) is 0 Å². The Kier molecular flexibility index (Phi) is 1.77. The van der Waals surface area contributed by atoms with Crippen LogP contribution < -0.4 is 0 Å². The molecule has 0 N–H and O–H groups in total. The highest BCUT2D eigenvalue weighted by Crippen LogP contribution is 2.55. The van der Waals surface area contributed by atoms with Gasteiger partial charge in [-0.3, -0.25) is 0 Å². The van der Waals surface area contributed by atoms with Crippen LogP contribution >= 0.6 is 7.92 Å². The fraction of sp³-hybridized carbons (Fsp3) is 1.00. The zero-order chi connectivity index (χ0) is 6.10. The van der Waals surface area contributed by atoms with Crippen LogP contribution in [0.4, 0.5) is 0 Å². The van der Waals surface area contributed by atoms with E-state index in [9.17, 15) is 0 Å². The normalized spacial score (nSPS) is 30.7. The van der Waals surface area contributed by atoms with Crippen LogP contribution in [0.2, 0.25) is 0 Å². The van der Waals surface area contributed by atoms with Gasteiger partial charge in [-0.1, -0.05) is 12.8 Å². The number of hydrogen-bond acceptors (Lipinski definition) is 0. The van der Waals surface area contributed by atoms with Crippen molar-refractivity contribution < 1.29 is 0 Å².